The van der Waals surface area contributed by atoms with Gasteiger partial charge in [-0.2, -0.15) is 0 Å². The summed E-state index contributed by atoms with van der Waals surface area (Å²) in [5, 5.41) is 9.64. The van der Waals surface area contributed by atoms with E-state index in [0.29, 0.717) is 30.1 Å². The van der Waals surface area contributed by atoms with Gasteiger partial charge in [-0.1, -0.05) is 12.1 Å². The average molecular weight is 382 g/mol. The fraction of sp³-hybridized carbons (Fsp3) is 0.571. The molecule has 0 radical (unpaired) electrons. The second-order valence-electron chi connectivity index (χ2n) is 8.67. The van der Waals surface area contributed by atoms with Gasteiger partial charge in [0, 0.05) is 36.7 Å². The number of rotatable bonds is 4. The van der Waals surface area contributed by atoms with Crippen LogP contribution in [0.25, 0.3) is 0 Å². The number of hydrogen-bond donors (Lipinski definition) is 3. The summed E-state index contributed by atoms with van der Waals surface area (Å²) in [7, 11) is 0. The predicted molar refractivity (Wildman–Crippen MR) is 102 cm³/mol. The minimum Gasteiger partial charge on any atom is -0.322 e. The van der Waals surface area contributed by atoms with Crippen LogP contribution in [0.1, 0.15) is 60.0 Å². The maximum atomic E-state index is 12.9. The molecule has 1 aliphatic carbocycles. The number of nitrogens with zero attached hydrogens (tertiary/aromatic N) is 1. The Kier molecular flexibility index (Phi) is 4.25. The first-order valence-corrected chi connectivity index (χ1v) is 10.3. The smallest absolute Gasteiger partial charge is 0.255 e. The first-order valence-electron chi connectivity index (χ1n) is 10.3. The van der Waals surface area contributed by atoms with Crippen molar-refractivity contribution in [3.8, 4) is 0 Å². The number of amides is 3. The first kappa shape index (κ1) is 17.8. The molecule has 1 saturated carbocycles. The summed E-state index contributed by atoms with van der Waals surface area (Å²) in [5.74, 6) is -0.728. The number of imide groups is 1. The summed E-state index contributed by atoms with van der Waals surface area (Å²) in [6, 6.07) is 6.00. The van der Waals surface area contributed by atoms with Gasteiger partial charge in [0.1, 0.15) is 6.04 Å². The summed E-state index contributed by atoms with van der Waals surface area (Å²) in [6.07, 6.45) is 5.57. The molecule has 0 bridgehead atoms. The van der Waals surface area contributed by atoms with Crippen molar-refractivity contribution in [3.05, 3.63) is 34.9 Å². The van der Waals surface area contributed by atoms with Crippen molar-refractivity contribution >= 4 is 17.7 Å². The Labute approximate surface area is 164 Å². The predicted octanol–water partition coefficient (Wildman–Crippen LogP) is 0.822. The minimum absolute atomic E-state index is 0.106. The Hall–Kier alpha value is -2.25. The molecule has 2 atom stereocenters. The normalized spacial score (nSPS) is 28.4. The van der Waals surface area contributed by atoms with Crippen LogP contribution >= 0.6 is 0 Å². The van der Waals surface area contributed by atoms with Crippen LogP contribution in [0.3, 0.4) is 0 Å². The highest BCUT2D eigenvalue weighted by atomic mass is 16.2. The molecule has 0 aromatic heterocycles. The SMILES string of the molecule is O=C1CCC(N2Cc3ccc(CNC4CCNC5(CC5)C4)cc3C2=O)C(=O)N1. The van der Waals surface area contributed by atoms with Crippen LogP contribution in [0.5, 0.6) is 0 Å². The lowest BCUT2D eigenvalue weighted by Crippen LogP contribution is -2.52. The highest BCUT2D eigenvalue weighted by molar-refractivity contribution is 6.05. The molecule has 3 heterocycles. The fourth-order valence-corrected chi connectivity index (χ4v) is 4.84. The number of carbonyl (C=O) groups is 3. The largest absolute Gasteiger partial charge is 0.322 e. The van der Waals surface area contributed by atoms with Gasteiger partial charge in [0.25, 0.3) is 5.91 Å². The minimum atomic E-state index is -0.552. The van der Waals surface area contributed by atoms with Crippen molar-refractivity contribution in [3.63, 3.8) is 0 Å². The lowest BCUT2D eigenvalue weighted by atomic mass is 9.97. The Balaban J connectivity index is 1.24. The summed E-state index contributed by atoms with van der Waals surface area (Å²) < 4.78 is 0. The lowest BCUT2D eigenvalue weighted by molar-refractivity contribution is -0.136. The van der Waals surface area contributed by atoms with Crippen LogP contribution in [-0.2, 0) is 22.7 Å². The van der Waals surface area contributed by atoms with Crippen molar-refractivity contribution < 1.29 is 14.4 Å². The standard InChI is InChI=1S/C21H26N4O3/c26-18-4-3-17(19(27)24-18)25-12-14-2-1-13(9-16(14)20(25)28)11-22-15-5-8-23-21(10-15)6-7-21/h1-2,9,15,17,22-23H,3-8,10-12H2,(H,24,26,27). The van der Waals surface area contributed by atoms with Gasteiger partial charge in [0.15, 0.2) is 0 Å². The summed E-state index contributed by atoms with van der Waals surface area (Å²) in [5.41, 5.74) is 3.14. The third-order valence-electron chi connectivity index (χ3n) is 6.67. The van der Waals surface area contributed by atoms with Crippen molar-refractivity contribution in [2.75, 3.05) is 6.54 Å². The summed E-state index contributed by atoms with van der Waals surface area (Å²) in [4.78, 5) is 38.0. The highest BCUT2D eigenvalue weighted by Gasteiger charge is 2.45. The van der Waals surface area contributed by atoms with Crippen LogP contribution in [0.4, 0.5) is 0 Å². The lowest BCUT2D eigenvalue weighted by Gasteiger charge is -2.31. The summed E-state index contributed by atoms with van der Waals surface area (Å²) >= 11 is 0. The van der Waals surface area contributed by atoms with E-state index in [0.717, 1.165) is 30.6 Å². The first-order chi connectivity index (χ1) is 13.5. The maximum absolute atomic E-state index is 12.9. The van der Waals surface area contributed by atoms with Gasteiger partial charge in [-0.15, -0.1) is 0 Å². The maximum Gasteiger partial charge on any atom is 0.255 e. The number of piperidine rings is 2. The van der Waals surface area contributed by atoms with E-state index in [1.165, 1.54) is 19.3 Å². The van der Waals surface area contributed by atoms with Gasteiger partial charge in [0.2, 0.25) is 11.8 Å². The average Bonchev–Trinajstić information content (AvgIpc) is 3.34. The van der Waals surface area contributed by atoms with Gasteiger partial charge >= 0.3 is 0 Å². The van der Waals surface area contributed by atoms with E-state index in [4.69, 9.17) is 0 Å². The molecule has 3 N–H and O–H groups in total. The van der Waals surface area contributed by atoms with Crippen LogP contribution in [-0.4, -0.2) is 46.8 Å². The Morgan fingerprint density at radius 2 is 2.04 bits per heavy atom. The Bertz CT molecular complexity index is 848. The number of fused-ring (bicyclic) bond motifs is 1. The van der Waals surface area contributed by atoms with E-state index >= 15 is 0 Å². The molecular weight excluding hydrogens is 356 g/mol. The van der Waals surface area contributed by atoms with Gasteiger partial charge in [-0.05, 0) is 55.8 Å². The molecule has 1 aromatic carbocycles. The zero-order valence-corrected chi connectivity index (χ0v) is 15.9. The van der Waals surface area contributed by atoms with Gasteiger partial charge in [-0.25, -0.2) is 0 Å². The second-order valence-corrected chi connectivity index (χ2v) is 8.67. The van der Waals surface area contributed by atoms with Gasteiger partial charge in [-0.3, -0.25) is 19.7 Å². The molecule has 3 fully saturated rings. The zero-order valence-electron chi connectivity index (χ0n) is 15.9. The molecule has 3 amide bonds. The topological polar surface area (TPSA) is 90.5 Å². The number of hydrogen-bond acceptors (Lipinski definition) is 5. The Morgan fingerprint density at radius 3 is 2.82 bits per heavy atom. The molecule has 2 unspecified atom stereocenters. The number of benzene rings is 1. The monoisotopic (exact) mass is 382 g/mol. The number of nitrogens with one attached hydrogen (secondary N) is 3. The van der Waals surface area contributed by atoms with E-state index < -0.39 is 6.04 Å². The Morgan fingerprint density at radius 1 is 1.18 bits per heavy atom. The van der Waals surface area contributed by atoms with Crippen LogP contribution in [0.2, 0.25) is 0 Å². The third kappa shape index (κ3) is 3.22. The van der Waals surface area contributed by atoms with E-state index in [1.54, 1.807) is 4.90 Å². The van der Waals surface area contributed by atoms with Crippen LogP contribution in [0, 0.1) is 0 Å². The van der Waals surface area contributed by atoms with Crippen molar-refractivity contribution in [1.82, 2.24) is 20.9 Å². The molecule has 7 nitrogen and oxygen atoms in total. The van der Waals surface area contributed by atoms with E-state index in [-0.39, 0.29) is 24.1 Å². The van der Waals surface area contributed by atoms with Crippen molar-refractivity contribution in [2.24, 2.45) is 0 Å². The van der Waals surface area contributed by atoms with Crippen LogP contribution < -0.4 is 16.0 Å². The van der Waals surface area contributed by atoms with Crippen molar-refractivity contribution in [2.45, 2.75) is 69.2 Å². The molecule has 2 saturated heterocycles. The highest BCUT2D eigenvalue weighted by Crippen LogP contribution is 2.42. The van der Waals surface area contributed by atoms with Crippen molar-refractivity contribution in [1.29, 1.82) is 0 Å². The second kappa shape index (κ2) is 6.67. The molecule has 5 rings (SSSR count). The van der Waals surface area contributed by atoms with E-state index in [1.807, 2.05) is 12.1 Å². The molecule has 7 heteroatoms. The quantitative estimate of drug-likeness (QED) is 0.671. The number of carbonyl (C=O) groups excluding carboxylic acids is 3. The van der Waals surface area contributed by atoms with Gasteiger partial charge < -0.3 is 15.5 Å². The third-order valence-corrected chi connectivity index (χ3v) is 6.67. The van der Waals surface area contributed by atoms with Crippen LogP contribution in [0.15, 0.2) is 18.2 Å². The van der Waals surface area contributed by atoms with Gasteiger partial charge in [0.05, 0.1) is 0 Å². The molecule has 3 aliphatic heterocycles. The molecular formula is C21H26N4O3. The molecule has 148 valence electrons. The molecule has 1 aromatic rings. The summed E-state index contributed by atoms with van der Waals surface area (Å²) in [6.45, 7) is 2.26. The van der Waals surface area contributed by atoms with E-state index in [2.05, 4.69) is 22.0 Å². The fourth-order valence-electron chi connectivity index (χ4n) is 4.84. The molecule has 4 aliphatic rings. The molecule has 1 spiro atoms. The van der Waals surface area contributed by atoms with E-state index in [9.17, 15) is 14.4 Å². The zero-order chi connectivity index (χ0) is 19.3. The molecule has 28 heavy (non-hydrogen) atoms.